The van der Waals surface area contributed by atoms with Gasteiger partial charge in [0.1, 0.15) is 17.3 Å². The van der Waals surface area contributed by atoms with Crippen LogP contribution >= 0.6 is 0 Å². The van der Waals surface area contributed by atoms with Crippen LogP contribution in [0.1, 0.15) is 24.3 Å². The lowest BCUT2D eigenvalue weighted by molar-refractivity contribution is 0.0941. The molecule has 1 aliphatic heterocycles. The number of carbonyl (C=O) groups is 1. The van der Waals surface area contributed by atoms with E-state index in [0.29, 0.717) is 18.2 Å². The Morgan fingerprint density at radius 3 is 2.31 bits per heavy atom. The van der Waals surface area contributed by atoms with Crippen LogP contribution in [0, 0.1) is 11.7 Å². The maximum atomic E-state index is 13.8. The number of halogens is 1. The van der Waals surface area contributed by atoms with Crippen LogP contribution in [0.15, 0.2) is 48.8 Å². The highest BCUT2D eigenvalue weighted by Crippen LogP contribution is 2.44. The first-order valence-electron chi connectivity index (χ1n) is 11.1. The van der Waals surface area contributed by atoms with Gasteiger partial charge in [0.25, 0.3) is 5.91 Å². The molecule has 0 bridgehead atoms. The Bertz CT molecular complexity index is 1070. The summed E-state index contributed by atoms with van der Waals surface area (Å²) in [7, 11) is 1.94. The number of nitrogens with one attached hydrogen (secondary N) is 2. The molecule has 2 N–H and O–H groups in total. The Hall–Kier alpha value is -3.19. The predicted molar refractivity (Wildman–Crippen MR) is 126 cm³/mol. The number of piperazine rings is 1. The number of benzene rings is 1. The molecule has 7 heteroatoms. The van der Waals surface area contributed by atoms with Crippen LogP contribution in [-0.2, 0) is 7.05 Å². The molecular weight excluding hydrogens is 405 g/mol. The SMILES string of the molecule is CC(C)CNC(=O)c1c(-c2ccc(F)cc2)c(-c2ccncc2)c(N2CCNCC2)n1C. The van der Waals surface area contributed by atoms with Crippen LogP contribution in [0.3, 0.4) is 0 Å². The van der Waals surface area contributed by atoms with E-state index in [1.54, 1.807) is 24.5 Å². The first kappa shape index (κ1) is 22.0. The number of amides is 1. The zero-order chi connectivity index (χ0) is 22.7. The molecule has 32 heavy (non-hydrogen) atoms. The summed E-state index contributed by atoms with van der Waals surface area (Å²) in [5.74, 6) is 0.896. The lowest BCUT2D eigenvalue weighted by atomic mass is 9.95. The second-order valence-electron chi connectivity index (χ2n) is 8.56. The van der Waals surface area contributed by atoms with Gasteiger partial charge < -0.3 is 20.1 Å². The minimum Gasteiger partial charge on any atom is -0.355 e. The standard InChI is InChI=1S/C25H30FN5O/c1-17(2)16-29-24(32)23-21(18-4-6-20(26)7-5-18)22(19-8-10-27-11-9-19)25(30(23)3)31-14-12-28-13-15-31/h4-11,17,28H,12-16H2,1-3H3,(H,29,32). The molecule has 1 aliphatic rings. The van der Waals surface area contributed by atoms with Crippen molar-refractivity contribution in [2.75, 3.05) is 37.6 Å². The number of aromatic nitrogens is 2. The second kappa shape index (κ2) is 9.53. The number of hydrogen-bond acceptors (Lipinski definition) is 4. The number of nitrogens with zero attached hydrogens (tertiary/aromatic N) is 3. The van der Waals surface area contributed by atoms with E-state index in [0.717, 1.165) is 54.3 Å². The summed E-state index contributed by atoms with van der Waals surface area (Å²) >= 11 is 0. The summed E-state index contributed by atoms with van der Waals surface area (Å²) in [6.45, 7) is 8.16. The highest BCUT2D eigenvalue weighted by Gasteiger charge is 2.30. The van der Waals surface area contributed by atoms with Gasteiger partial charge in [-0.2, -0.15) is 0 Å². The Morgan fingerprint density at radius 1 is 1.06 bits per heavy atom. The van der Waals surface area contributed by atoms with Gasteiger partial charge in [-0.3, -0.25) is 9.78 Å². The van der Waals surface area contributed by atoms with Crippen LogP contribution in [0.2, 0.25) is 0 Å². The highest BCUT2D eigenvalue weighted by atomic mass is 19.1. The van der Waals surface area contributed by atoms with E-state index >= 15 is 0 Å². The molecule has 1 fully saturated rings. The summed E-state index contributed by atoms with van der Waals surface area (Å²) < 4.78 is 15.8. The lowest BCUT2D eigenvalue weighted by Gasteiger charge is -2.31. The largest absolute Gasteiger partial charge is 0.355 e. The molecule has 0 atom stereocenters. The zero-order valence-corrected chi connectivity index (χ0v) is 18.9. The average molecular weight is 436 g/mol. The minimum atomic E-state index is -0.303. The first-order chi connectivity index (χ1) is 15.5. The van der Waals surface area contributed by atoms with Gasteiger partial charge >= 0.3 is 0 Å². The van der Waals surface area contributed by atoms with E-state index < -0.39 is 0 Å². The van der Waals surface area contributed by atoms with Gasteiger partial charge in [-0.1, -0.05) is 26.0 Å². The van der Waals surface area contributed by atoms with E-state index in [1.807, 2.05) is 23.7 Å². The van der Waals surface area contributed by atoms with Crippen molar-refractivity contribution in [2.45, 2.75) is 13.8 Å². The van der Waals surface area contributed by atoms with E-state index in [4.69, 9.17) is 0 Å². The quantitative estimate of drug-likeness (QED) is 0.620. The molecule has 0 spiro atoms. The van der Waals surface area contributed by atoms with Gasteiger partial charge in [-0.05, 0) is 41.3 Å². The van der Waals surface area contributed by atoms with Crippen LogP contribution in [-0.4, -0.2) is 48.2 Å². The Kier molecular flexibility index (Phi) is 6.55. The average Bonchev–Trinajstić information content (AvgIpc) is 3.12. The monoisotopic (exact) mass is 435 g/mol. The molecule has 0 saturated carbocycles. The topological polar surface area (TPSA) is 62.2 Å². The van der Waals surface area contributed by atoms with Crippen LogP contribution in [0.4, 0.5) is 10.2 Å². The van der Waals surface area contributed by atoms with Crippen molar-refractivity contribution in [1.29, 1.82) is 0 Å². The maximum Gasteiger partial charge on any atom is 0.268 e. The molecule has 2 aromatic heterocycles. The van der Waals surface area contributed by atoms with Gasteiger partial charge in [0.15, 0.2) is 0 Å². The van der Waals surface area contributed by atoms with Crippen molar-refractivity contribution in [1.82, 2.24) is 20.2 Å². The Balaban J connectivity index is 1.98. The van der Waals surface area contributed by atoms with Crippen LogP contribution in [0.25, 0.3) is 22.3 Å². The molecule has 1 saturated heterocycles. The molecular formula is C25H30FN5O. The maximum absolute atomic E-state index is 13.8. The van der Waals surface area contributed by atoms with E-state index in [2.05, 4.69) is 34.4 Å². The summed E-state index contributed by atoms with van der Waals surface area (Å²) in [6, 6.07) is 10.3. The number of anilines is 1. The Morgan fingerprint density at radius 2 is 1.69 bits per heavy atom. The zero-order valence-electron chi connectivity index (χ0n) is 18.9. The molecule has 0 unspecified atom stereocenters. The normalized spacial score (nSPS) is 14.1. The summed E-state index contributed by atoms with van der Waals surface area (Å²) in [6.07, 6.45) is 3.52. The van der Waals surface area contributed by atoms with E-state index in [-0.39, 0.29) is 11.7 Å². The van der Waals surface area contributed by atoms with Gasteiger partial charge in [-0.15, -0.1) is 0 Å². The minimum absolute atomic E-state index is 0.128. The lowest BCUT2D eigenvalue weighted by Crippen LogP contribution is -2.44. The number of rotatable bonds is 6. The summed E-state index contributed by atoms with van der Waals surface area (Å²) in [5.41, 5.74) is 4.15. The van der Waals surface area contributed by atoms with Crippen molar-refractivity contribution in [3.8, 4) is 22.3 Å². The van der Waals surface area contributed by atoms with Gasteiger partial charge in [0.05, 0.1) is 0 Å². The highest BCUT2D eigenvalue weighted by molar-refractivity contribution is 6.07. The number of pyridine rings is 1. The van der Waals surface area contributed by atoms with Crippen molar-refractivity contribution >= 4 is 11.7 Å². The predicted octanol–water partition coefficient (Wildman–Crippen LogP) is 3.69. The van der Waals surface area contributed by atoms with E-state index in [9.17, 15) is 9.18 Å². The van der Waals surface area contributed by atoms with Crippen LogP contribution < -0.4 is 15.5 Å². The molecule has 1 amide bonds. The molecule has 3 heterocycles. The molecule has 168 valence electrons. The number of carbonyl (C=O) groups excluding carboxylic acids is 1. The molecule has 6 nitrogen and oxygen atoms in total. The third-order valence-corrected chi connectivity index (χ3v) is 5.77. The molecule has 1 aromatic carbocycles. The fourth-order valence-corrected chi connectivity index (χ4v) is 4.25. The summed E-state index contributed by atoms with van der Waals surface area (Å²) in [5, 5.41) is 6.47. The van der Waals surface area contributed by atoms with Crippen molar-refractivity contribution in [3.05, 3.63) is 60.3 Å². The van der Waals surface area contributed by atoms with Crippen molar-refractivity contribution in [2.24, 2.45) is 13.0 Å². The van der Waals surface area contributed by atoms with Crippen LogP contribution in [0.5, 0.6) is 0 Å². The van der Waals surface area contributed by atoms with E-state index in [1.165, 1.54) is 12.1 Å². The van der Waals surface area contributed by atoms with Gasteiger partial charge in [0, 0.05) is 63.3 Å². The first-order valence-corrected chi connectivity index (χ1v) is 11.1. The fraction of sp³-hybridized carbons (Fsp3) is 0.360. The fourth-order valence-electron chi connectivity index (χ4n) is 4.25. The molecule has 0 radical (unpaired) electrons. The van der Waals surface area contributed by atoms with Gasteiger partial charge in [-0.25, -0.2) is 4.39 Å². The molecule has 3 aromatic rings. The number of hydrogen-bond donors (Lipinski definition) is 2. The molecule has 0 aliphatic carbocycles. The van der Waals surface area contributed by atoms with Crippen molar-refractivity contribution < 1.29 is 9.18 Å². The summed E-state index contributed by atoms with van der Waals surface area (Å²) in [4.78, 5) is 20.0. The second-order valence-corrected chi connectivity index (χ2v) is 8.56. The Labute approximate surface area is 188 Å². The third-order valence-electron chi connectivity index (χ3n) is 5.77. The third kappa shape index (κ3) is 4.39. The smallest absolute Gasteiger partial charge is 0.268 e. The van der Waals surface area contributed by atoms with Gasteiger partial charge in [0.2, 0.25) is 0 Å². The van der Waals surface area contributed by atoms with Crippen molar-refractivity contribution in [3.63, 3.8) is 0 Å². The molecule has 4 rings (SSSR count).